The molecular formula is C22H31N3O4S. The number of likely N-dealkylation sites (tertiary alicyclic amines) is 1. The summed E-state index contributed by atoms with van der Waals surface area (Å²) in [5.41, 5.74) is 5.80. The summed E-state index contributed by atoms with van der Waals surface area (Å²) in [6.07, 6.45) is 9.69. The molecule has 1 aliphatic heterocycles. The molecular weight excluding hydrogens is 402 g/mol. The van der Waals surface area contributed by atoms with Gasteiger partial charge in [-0.3, -0.25) is 4.90 Å². The lowest BCUT2D eigenvalue weighted by molar-refractivity contribution is 0.150. The molecule has 30 heavy (non-hydrogen) atoms. The summed E-state index contributed by atoms with van der Waals surface area (Å²) < 4.78 is 32.2. The van der Waals surface area contributed by atoms with E-state index in [9.17, 15) is 13.2 Å². The van der Waals surface area contributed by atoms with E-state index in [1.807, 2.05) is 0 Å². The van der Waals surface area contributed by atoms with Crippen LogP contribution in [0.25, 0.3) is 0 Å². The highest BCUT2D eigenvalue weighted by molar-refractivity contribution is 7.92. The van der Waals surface area contributed by atoms with Gasteiger partial charge in [-0.2, -0.15) is 0 Å². The van der Waals surface area contributed by atoms with Gasteiger partial charge in [-0.15, -0.1) is 0 Å². The maximum atomic E-state index is 12.6. The van der Waals surface area contributed by atoms with Crippen LogP contribution in [-0.4, -0.2) is 52.2 Å². The number of hydrogen-bond acceptors (Lipinski definition) is 5. The quantitative estimate of drug-likeness (QED) is 0.690. The van der Waals surface area contributed by atoms with E-state index in [2.05, 4.69) is 21.0 Å². The predicted octanol–water partition coefficient (Wildman–Crippen LogP) is 2.74. The van der Waals surface area contributed by atoms with Gasteiger partial charge in [-0.05, 0) is 80.2 Å². The summed E-state index contributed by atoms with van der Waals surface area (Å²) >= 11 is 0. The Morgan fingerprint density at radius 1 is 1.17 bits per heavy atom. The third-order valence-electron chi connectivity index (χ3n) is 6.42. The standard InChI is InChI=1S/C22H31N3O4S/c1-29-13-12-25-11-4-7-18(25)10-14-30(27,28)24-22(26)23-21-19-8-2-5-16(19)15-17-6-3-9-20(17)21/h10,14-15,18H,2-9,11-13H2,1H3,(H2,23,24,26)/b14-10+/t18-/m1/s1. The highest BCUT2D eigenvalue weighted by Gasteiger charge is 2.26. The van der Waals surface area contributed by atoms with Crippen LogP contribution >= 0.6 is 0 Å². The molecule has 1 saturated heterocycles. The van der Waals surface area contributed by atoms with Crippen molar-refractivity contribution in [3.8, 4) is 0 Å². The highest BCUT2D eigenvalue weighted by atomic mass is 32.2. The molecule has 1 heterocycles. The number of rotatable bonds is 7. The second kappa shape index (κ2) is 9.08. The molecule has 1 aromatic carbocycles. The number of nitrogens with one attached hydrogen (secondary N) is 2. The average Bonchev–Trinajstić information content (AvgIpc) is 3.44. The topological polar surface area (TPSA) is 87.7 Å². The van der Waals surface area contributed by atoms with Gasteiger partial charge in [-0.25, -0.2) is 17.9 Å². The normalized spacial score (nSPS) is 21.2. The van der Waals surface area contributed by atoms with Crippen molar-refractivity contribution in [2.45, 2.75) is 57.4 Å². The molecule has 4 rings (SSSR count). The number of carbonyl (C=O) groups excluding carboxylic acids is 1. The summed E-state index contributed by atoms with van der Waals surface area (Å²) in [7, 11) is -2.20. The minimum Gasteiger partial charge on any atom is -0.383 e. The number of fused-ring (bicyclic) bond motifs is 2. The van der Waals surface area contributed by atoms with Crippen molar-refractivity contribution in [2.24, 2.45) is 0 Å². The van der Waals surface area contributed by atoms with Crippen molar-refractivity contribution < 1.29 is 17.9 Å². The molecule has 2 amide bonds. The fourth-order valence-electron chi connectivity index (χ4n) is 5.02. The number of aryl methyl sites for hydroxylation is 2. The Labute approximate surface area is 178 Å². The largest absolute Gasteiger partial charge is 0.383 e. The second-order valence-electron chi connectivity index (χ2n) is 8.40. The first-order valence-electron chi connectivity index (χ1n) is 10.9. The van der Waals surface area contributed by atoms with Crippen molar-refractivity contribution in [1.29, 1.82) is 0 Å². The van der Waals surface area contributed by atoms with E-state index in [4.69, 9.17) is 4.74 Å². The third-order valence-corrected chi connectivity index (χ3v) is 7.41. The van der Waals surface area contributed by atoms with Crippen LogP contribution in [0.4, 0.5) is 10.5 Å². The first-order valence-corrected chi connectivity index (χ1v) is 12.4. The van der Waals surface area contributed by atoms with Gasteiger partial charge in [0.1, 0.15) is 0 Å². The first-order chi connectivity index (χ1) is 14.5. The van der Waals surface area contributed by atoms with Crippen LogP contribution in [0, 0.1) is 0 Å². The molecule has 0 aromatic heterocycles. The Bertz CT molecular complexity index is 910. The van der Waals surface area contributed by atoms with Crippen molar-refractivity contribution in [3.05, 3.63) is 39.8 Å². The molecule has 0 unspecified atom stereocenters. The SMILES string of the molecule is COCCN1CCC[C@@H]1/C=C/S(=O)(=O)NC(=O)Nc1c2c(cc3c1CCC3)CCC2. The molecule has 2 N–H and O–H groups in total. The summed E-state index contributed by atoms with van der Waals surface area (Å²) in [4.78, 5) is 14.8. The van der Waals surface area contributed by atoms with E-state index in [0.717, 1.165) is 75.6 Å². The molecule has 0 radical (unpaired) electrons. The van der Waals surface area contributed by atoms with E-state index < -0.39 is 16.1 Å². The van der Waals surface area contributed by atoms with Gasteiger partial charge < -0.3 is 10.1 Å². The lowest BCUT2D eigenvalue weighted by Gasteiger charge is -2.21. The Morgan fingerprint density at radius 3 is 2.53 bits per heavy atom. The number of carbonyl (C=O) groups is 1. The van der Waals surface area contributed by atoms with Crippen molar-refractivity contribution >= 4 is 21.7 Å². The van der Waals surface area contributed by atoms with E-state index in [-0.39, 0.29) is 6.04 Å². The van der Waals surface area contributed by atoms with E-state index in [1.54, 1.807) is 13.2 Å². The molecule has 0 spiro atoms. The number of urea groups is 1. The number of amides is 2. The Hall–Kier alpha value is -1.90. The van der Waals surface area contributed by atoms with E-state index in [1.165, 1.54) is 22.3 Å². The zero-order chi connectivity index (χ0) is 21.1. The Morgan fingerprint density at radius 2 is 1.87 bits per heavy atom. The van der Waals surface area contributed by atoms with Gasteiger partial charge in [-0.1, -0.05) is 12.1 Å². The maximum Gasteiger partial charge on any atom is 0.333 e. The highest BCUT2D eigenvalue weighted by Crippen LogP contribution is 2.38. The van der Waals surface area contributed by atoms with Gasteiger partial charge in [0.05, 0.1) is 6.61 Å². The Kier molecular flexibility index (Phi) is 6.46. The number of sulfonamides is 1. The minimum atomic E-state index is -3.86. The molecule has 8 heteroatoms. The lowest BCUT2D eigenvalue weighted by Crippen LogP contribution is -2.34. The number of hydrogen-bond donors (Lipinski definition) is 2. The smallest absolute Gasteiger partial charge is 0.333 e. The average molecular weight is 434 g/mol. The summed E-state index contributed by atoms with van der Waals surface area (Å²) in [5.74, 6) is 0. The van der Waals surface area contributed by atoms with E-state index in [0.29, 0.717) is 6.61 Å². The fraction of sp³-hybridized carbons (Fsp3) is 0.591. The molecule has 1 fully saturated rings. The molecule has 2 aliphatic carbocycles. The maximum absolute atomic E-state index is 12.6. The van der Waals surface area contributed by atoms with Gasteiger partial charge in [0.15, 0.2) is 0 Å². The zero-order valence-electron chi connectivity index (χ0n) is 17.6. The predicted molar refractivity (Wildman–Crippen MR) is 117 cm³/mol. The number of methoxy groups -OCH3 is 1. The summed E-state index contributed by atoms with van der Waals surface area (Å²) in [5, 5.41) is 4.00. The third kappa shape index (κ3) is 4.71. The molecule has 1 aromatic rings. The van der Waals surface area contributed by atoms with Crippen molar-refractivity contribution in [1.82, 2.24) is 9.62 Å². The fourth-order valence-corrected chi connectivity index (χ4v) is 5.79. The second-order valence-corrected chi connectivity index (χ2v) is 9.97. The summed E-state index contributed by atoms with van der Waals surface area (Å²) in [6.45, 7) is 2.31. The van der Waals surface area contributed by atoms with Crippen LogP contribution in [0.2, 0.25) is 0 Å². The first kappa shape index (κ1) is 21.3. The molecule has 3 aliphatic rings. The van der Waals surface area contributed by atoms with Gasteiger partial charge in [0, 0.05) is 30.8 Å². The molecule has 7 nitrogen and oxygen atoms in total. The molecule has 164 valence electrons. The monoisotopic (exact) mass is 433 g/mol. The van der Waals surface area contributed by atoms with Gasteiger partial charge in [0.2, 0.25) is 0 Å². The number of benzene rings is 1. The van der Waals surface area contributed by atoms with E-state index >= 15 is 0 Å². The van der Waals surface area contributed by atoms with Crippen LogP contribution in [0.3, 0.4) is 0 Å². The van der Waals surface area contributed by atoms with Crippen LogP contribution in [-0.2, 0) is 40.4 Å². The summed E-state index contributed by atoms with van der Waals surface area (Å²) in [6, 6.07) is 1.65. The van der Waals surface area contributed by atoms with Crippen LogP contribution < -0.4 is 10.0 Å². The van der Waals surface area contributed by atoms with Crippen molar-refractivity contribution in [2.75, 3.05) is 32.1 Å². The van der Waals surface area contributed by atoms with Crippen LogP contribution in [0.15, 0.2) is 17.6 Å². The molecule has 0 bridgehead atoms. The molecule has 1 atom stereocenters. The van der Waals surface area contributed by atoms with Gasteiger partial charge in [0.25, 0.3) is 10.0 Å². The zero-order valence-corrected chi connectivity index (χ0v) is 18.4. The minimum absolute atomic E-state index is 0.0560. The number of nitrogens with zero attached hydrogens (tertiary/aromatic N) is 1. The van der Waals surface area contributed by atoms with Crippen molar-refractivity contribution in [3.63, 3.8) is 0 Å². The lowest BCUT2D eigenvalue weighted by atomic mass is 9.99. The van der Waals surface area contributed by atoms with Gasteiger partial charge >= 0.3 is 6.03 Å². The Balaban J connectivity index is 1.42. The van der Waals surface area contributed by atoms with Crippen LogP contribution in [0.1, 0.15) is 47.9 Å². The number of anilines is 1. The van der Waals surface area contributed by atoms with Crippen LogP contribution in [0.5, 0.6) is 0 Å². The number of ether oxygens (including phenoxy) is 1. The molecule has 0 saturated carbocycles.